The van der Waals surface area contributed by atoms with Gasteiger partial charge in [0, 0.05) is 0 Å². The third-order valence-electron chi connectivity index (χ3n) is 5.25. The van der Waals surface area contributed by atoms with Crippen LogP contribution in [0.4, 0.5) is 0 Å². The van der Waals surface area contributed by atoms with E-state index in [1.165, 1.54) is 0 Å². The Labute approximate surface area is 243 Å². The molecule has 1 fully saturated rings. The van der Waals surface area contributed by atoms with Crippen molar-refractivity contribution in [2.24, 2.45) is 0 Å². The summed E-state index contributed by atoms with van der Waals surface area (Å²) in [5.74, 6) is 1.38. The highest BCUT2D eigenvalue weighted by molar-refractivity contribution is 6.71. The predicted molar refractivity (Wildman–Crippen MR) is 174 cm³/mol. The fraction of sp³-hybridized carbons (Fsp3) is 0.778. The molecule has 0 amide bonds. The Morgan fingerprint density at radius 3 is 1.49 bits per heavy atom. The number of rotatable bonds is 13. The van der Waals surface area contributed by atoms with Gasteiger partial charge < -0.3 is 31.6 Å². The van der Waals surface area contributed by atoms with Crippen LogP contribution in [0.2, 0.25) is 98.2 Å². The Kier molecular flexibility index (Phi) is 11.6. The lowest BCUT2D eigenvalue weighted by Crippen LogP contribution is -2.67. The van der Waals surface area contributed by atoms with Crippen LogP contribution in [0.3, 0.4) is 0 Å². The highest BCUT2D eigenvalue weighted by Crippen LogP contribution is 2.37. The van der Waals surface area contributed by atoms with Crippen LogP contribution in [0.25, 0.3) is 0 Å². The zero-order valence-electron chi connectivity index (χ0n) is 27.3. The summed E-state index contributed by atoms with van der Waals surface area (Å²) < 4.78 is 46.9. The van der Waals surface area contributed by atoms with Crippen LogP contribution in [0, 0.1) is 0 Å². The van der Waals surface area contributed by atoms with Crippen LogP contribution < -0.4 is 9.16 Å². The first-order valence-corrected chi connectivity index (χ1v) is 31.2. The van der Waals surface area contributed by atoms with Crippen molar-refractivity contribution in [2.75, 3.05) is 6.61 Å². The van der Waals surface area contributed by atoms with Crippen molar-refractivity contribution in [1.82, 2.24) is 0 Å². The first kappa shape index (κ1) is 34.9. The second-order valence-electron chi connectivity index (χ2n) is 15.3. The molecule has 7 nitrogen and oxygen atoms in total. The number of para-hydroxylation sites is 2. The zero-order valence-corrected chi connectivity index (χ0v) is 32.3. The molecule has 5 atom stereocenters. The highest BCUT2D eigenvalue weighted by atomic mass is 28.4. The minimum atomic E-state index is -2.05. The summed E-state index contributed by atoms with van der Waals surface area (Å²) in [6, 6.07) is 7.84. The summed E-state index contributed by atoms with van der Waals surface area (Å²) in [5.41, 5.74) is 0. The molecule has 39 heavy (non-hydrogen) atoms. The number of hydrogen-bond acceptors (Lipinski definition) is 7. The lowest BCUT2D eigenvalue weighted by molar-refractivity contribution is -0.265. The van der Waals surface area contributed by atoms with E-state index < -0.39 is 54.0 Å². The van der Waals surface area contributed by atoms with Crippen LogP contribution in [-0.4, -0.2) is 78.9 Å². The van der Waals surface area contributed by atoms with E-state index in [1.54, 1.807) is 0 Å². The average molecular weight is 633 g/mol. The molecule has 1 aliphatic rings. The molecule has 0 aliphatic carbocycles. The summed E-state index contributed by atoms with van der Waals surface area (Å²) in [5, 5.41) is 0. The van der Waals surface area contributed by atoms with E-state index in [2.05, 4.69) is 98.2 Å². The summed E-state index contributed by atoms with van der Waals surface area (Å²) in [6.07, 6.45) is -2.21. The van der Waals surface area contributed by atoms with Gasteiger partial charge in [0.15, 0.2) is 39.0 Å². The Morgan fingerprint density at radius 1 is 0.564 bits per heavy atom. The van der Waals surface area contributed by atoms with Crippen molar-refractivity contribution in [2.45, 2.75) is 129 Å². The molecule has 1 saturated heterocycles. The molecule has 0 bridgehead atoms. The van der Waals surface area contributed by atoms with Gasteiger partial charge in [-0.15, -0.1) is 0 Å². The Bertz CT molecular complexity index is 913. The van der Waals surface area contributed by atoms with Crippen molar-refractivity contribution in [1.29, 1.82) is 0 Å². The van der Waals surface area contributed by atoms with Crippen LogP contribution in [-0.2, 0) is 22.4 Å². The second-order valence-corrected chi connectivity index (χ2v) is 37.7. The van der Waals surface area contributed by atoms with E-state index in [0.29, 0.717) is 12.4 Å². The summed E-state index contributed by atoms with van der Waals surface area (Å²) in [4.78, 5) is 0. The molecule has 0 saturated carbocycles. The fourth-order valence-electron chi connectivity index (χ4n) is 4.15. The largest absolute Gasteiger partial charge is 0.542 e. The fourth-order valence-corrected chi connectivity index (χ4v) is 8.89. The molecule has 0 unspecified atom stereocenters. The minimum absolute atomic E-state index is 0.325. The quantitative estimate of drug-likeness (QED) is 0.209. The lowest BCUT2D eigenvalue weighted by Gasteiger charge is -2.50. The zero-order chi connectivity index (χ0) is 30.0. The van der Waals surface area contributed by atoms with Crippen LogP contribution in [0.15, 0.2) is 24.3 Å². The van der Waals surface area contributed by atoms with Crippen molar-refractivity contribution in [3.63, 3.8) is 0 Å². The molecule has 1 aliphatic heterocycles. The first-order chi connectivity index (χ1) is 17.4. The Hall–Kier alpha value is -0.296. The maximum atomic E-state index is 6.94. The van der Waals surface area contributed by atoms with Gasteiger partial charge in [-0.2, -0.15) is 0 Å². The third-order valence-corrected chi connectivity index (χ3v) is 10.1. The van der Waals surface area contributed by atoms with Gasteiger partial charge in [-0.05, 0) is 110 Å². The summed E-state index contributed by atoms with van der Waals surface area (Å²) in [6.45, 7) is 33.3. The van der Waals surface area contributed by atoms with Gasteiger partial charge in [-0.25, -0.2) is 0 Å². The molecule has 12 heteroatoms. The maximum Gasteiger partial charge on any atom is 0.242 e. The highest BCUT2D eigenvalue weighted by Gasteiger charge is 2.53. The number of benzene rings is 1. The number of hydrogen-bond donors (Lipinski definition) is 0. The standard InChI is InChI=1S/C27H56O7Si5/c1-35(2,3)28-20-23-24(32-37(7,8)9)25(33-38(10,11)12)26(34-39(13,14)15)27(30-23)29-21-18-16-17-19-22(21)31-36(4,5)6/h16-19,23-27H,20H2,1-15H3/t23-,24-,25+,26-,27+/m1/s1. The summed E-state index contributed by atoms with van der Waals surface area (Å²) in [7, 11) is -9.76. The molecular weight excluding hydrogens is 577 g/mol. The second kappa shape index (κ2) is 12.9. The van der Waals surface area contributed by atoms with Gasteiger partial charge in [-0.3, -0.25) is 0 Å². The number of ether oxygens (including phenoxy) is 2. The van der Waals surface area contributed by atoms with Gasteiger partial charge in [0.25, 0.3) is 0 Å². The summed E-state index contributed by atoms with van der Waals surface area (Å²) >= 11 is 0. The van der Waals surface area contributed by atoms with Gasteiger partial charge in [-0.1, -0.05) is 12.1 Å². The Morgan fingerprint density at radius 2 is 1.03 bits per heavy atom. The van der Waals surface area contributed by atoms with Crippen LogP contribution >= 0.6 is 0 Å². The van der Waals surface area contributed by atoms with Gasteiger partial charge in [0.1, 0.15) is 30.2 Å². The van der Waals surface area contributed by atoms with E-state index in [9.17, 15) is 0 Å². The van der Waals surface area contributed by atoms with Crippen LogP contribution in [0.1, 0.15) is 0 Å². The van der Waals surface area contributed by atoms with Crippen molar-refractivity contribution in [3.05, 3.63) is 24.3 Å². The Balaban J connectivity index is 2.62. The van der Waals surface area contributed by atoms with Gasteiger partial charge >= 0.3 is 0 Å². The molecular formula is C27H56O7Si5. The molecule has 0 radical (unpaired) electrons. The molecule has 0 aromatic heterocycles. The first-order valence-electron chi connectivity index (χ1n) is 14.2. The molecule has 226 valence electrons. The maximum absolute atomic E-state index is 6.94. The molecule has 1 heterocycles. The topological polar surface area (TPSA) is 64.6 Å². The molecule has 1 aromatic rings. The lowest BCUT2D eigenvalue weighted by atomic mass is 9.99. The molecule has 0 N–H and O–H groups in total. The van der Waals surface area contributed by atoms with Crippen molar-refractivity contribution >= 4 is 41.6 Å². The minimum Gasteiger partial charge on any atom is -0.542 e. The van der Waals surface area contributed by atoms with Crippen molar-refractivity contribution < 1.29 is 31.6 Å². The molecule has 0 spiro atoms. The predicted octanol–water partition coefficient (Wildman–Crippen LogP) is 7.52. The van der Waals surface area contributed by atoms with E-state index in [0.717, 1.165) is 5.75 Å². The van der Waals surface area contributed by atoms with Gasteiger partial charge in [0.05, 0.1) is 6.61 Å². The monoisotopic (exact) mass is 632 g/mol. The van der Waals surface area contributed by atoms with E-state index in [-0.39, 0.29) is 18.3 Å². The average Bonchev–Trinajstić information content (AvgIpc) is 2.68. The SMILES string of the molecule is C[Si](C)(C)OC[C@H]1O[C@H](Oc2ccccc2O[Si](C)(C)C)[C@H](O[Si](C)(C)C)[C@@H](O[Si](C)(C)C)[C@@H]1O[Si](C)(C)C. The van der Waals surface area contributed by atoms with Crippen LogP contribution in [0.5, 0.6) is 11.5 Å². The molecule has 2 rings (SSSR count). The van der Waals surface area contributed by atoms with Gasteiger partial charge in [0.2, 0.25) is 14.6 Å². The smallest absolute Gasteiger partial charge is 0.242 e. The third kappa shape index (κ3) is 13.0. The van der Waals surface area contributed by atoms with E-state index >= 15 is 0 Å². The molecule has 1 aromatic carbocycles. The normalized spacial score (nSPS) is 25.5. The van der Waals surface area contributed by atoms with E-state index in [1.807, 2.05) is 24.3 Å². The van der Waals surface area contributed by atoms with E-state index in [4.69, 9.17) is 31.6 Å². The van der Waals surface area contributed by atoms with Crippen molar-refractivity contribution in [3.8, 4) is 11.5 Å².